The molecule has 2 N–H and O–H groups in total. The molecule has 0 radical (unpaired) electrons. The highest BCUT2D eigenvalue weighted by molar-refractivity contribution is 9.11. The quantitative estimate of drug-likeness (QED) is 0.883. The molecule has 2 rings (SSSR count). The first-order valence-electron chi connectivity index (χ1n) is 5.88. The van der Waals surface area contributed by atoms with Gasteiger partial charge in [-0.05, 0) is 41.8 Å². The van der Waals surface area contributed by atoms with Crippen LogP contribution in [-0.4, -0.2) is 31.7 Å². The largest absolute Gasteiger partial charge is 0.369 e. The van der Waals surface area contributed by atoms with Crippen molar-refractivity contribution in [2.24, 2.45) is 11.7 Å². The molecule has 19 heavy (non-hydrogen) atoms. The van der Waals surface area contributed by atoms with E-state index in [1.807, 2.05) is 0 Å². The highest BCUT2D eigenvalue weighted by atomic mass is 79.9. The maximum atomic E-state index is 12.5. The van der Waals surface area contributed by atoms with Crippen LogP contribution in [0.25, 0.3) is 0 Å². The molecular weight excluding hydrogens is 352 g/mol. The fraction of sp³-hybridized carbons (Fsp3) is 0.545. The van der Waals surface area contributed by atoms with Crippen molar-refractivity contribution in [2.75, 3.05) is 13.1 Å². The van der Waals surface area contributed by atoms with Crippen LogP contribution in [0.4, 0.5) is 0 Å². The van der Waals surface area contributed by atoms with Gasteiger partial charge in [-0.3, -0.25) is 4.79 Å². The molecule has 0 bridgehead atoms. The van der Waals surface area contributed by atoms with E-state index in [9.17, 15) is 13.2 Å². The molecule has 5 nitrogen and oxygen atoms in total. The lowest BCUT2D eigenvalue weighted by Gasteiger charge is -2.29. The van der Waals surface area contributed by atoms with E-state index >= 15 is 0 Å². The number of rotatable bonds is 3. The standard InChI is InChI=1S/C11H15BrN2O3S2/c1-7-9(6-10(12)18-7)19(16,17)14-4-2-8(3-5-14)11(13)15/h6,8H,2-5H2,1H3,(H2,13,15). The molecule has 1 aromatic rings. The van der Waals surface area contributed by atoms with Crippen LogP contribution >= 0.6 is 27.3 Å². The summed E-state index contributed by atoms with van der Waals surface area (Å²) in [7, 11) is -3.46. The Hall–Kier alpha value is -0.440. The van der Waals surface area contributed by atoms with Gasteiger partial charge in [0.2, 0.25) is 15.9 Å². The van der Waals surface area contributed by atoms with Crippen LogP contribution in [0.15, 0.2) is 14.7 Å². The van der Waals surface area contributed by atoms with E-state index in [1.54, 1.807) is 13.0 Å². The van der Waals surface area contributed by atoms with Gasteiger partial charge >= 0.3 is 0 Å². The topological polar surface area (TPSA) is 80.5 Å². The number of halogens is 1. The van der Waals surface area contributed by atoms with Gasteiger partial charge in [0, 0.05) is 23.9 Å². The number of carbonyl (C=O) groups is 1. The Labute approximate surface area is 125 Å². The third-order valence-electron chi connectivity index (χ3n) is 3.32. The van der Waals surface area contributed by atoms with Crippen LogP contribution in [0.3, 0.4) is 0 Å². The molecule has 0 saturated carbocycles. The van der Waals surface area contributed by atoms with Gasteiger partial charge in [-0.2, -0.15) is 4.31 Å². The van der Waals surface area contributed by atoms with E-state index in [-0.39, 0.29) is 11.8 Å². The zero-order valence-corrected chi connectivity index (χ0v) is 13.6. The smallest absolute Gasteiger partial charge is 0.244 e. The third kappa shape index (κ3) is 3.01. The minimum atomic E-state index is -3.46. The van der Waals surface area contributed by atoms with Gasteiger partial charge in [0.1, 0.15) is 0 Å². The highest BCUT2D eigenvalue weighted by Crippen LogP contribution is 2.33. The Kier molecular flexibility index (Phi) is 4.34. The van der Waals surface area contributed by atoms with Gasteiger partial charge in [0.25, 0.3) is 0 Å². The van der Waals surface area contributed by atoms with Gasteiger partial charge in [-0.1, -0.05) is 0 Å². The fourth-order valence-corrected chi connectivity index (χ4v) is 6.06. The summed E-state index contributed by atoms with van der Waals surface area (Å²) in [4.78, 5) is 12.2. The molecule has 0 aliphatic carbocycles. The van der Waals surface area contributed by atoms with Crippen LogP contribution in [-0.2, 0) is 14.8 Å². The molecule has 1 amide bonds. The van der Waals surface area contributed by atoms with Crippen LogP contribution < -0.4 is 5.73 Å². The number of hydrogen-bond donors (Lipinski definition) is 1. The van der Waals surface area contributed by atoms with Crippen molar-refractivity contribution in [3.8, 4) is 0 Å². The Morgan fingerprint density at radius 3 is 2.47 bits per heavy atom. The molecule has 0 aromatic carbocycles. The van der Waals surface area contributed by atoms with E-state index in [0.29, 0.717) is 30.8 Å². The summed E-state index contributed by atoms with van der Waals surface area (Å²) in [6.07, 6.45) is 0.998. The van der Waals surface area contributed by atoms with Crippen molar-refractivity contribution >= 4 is 43.2 Å². The van der Waals surface area contributed by atoms with Crippen LogP contribution in [0.2, 0.25) is 0 Å². The van der Waals surface area contributed by atoms with Crippen LogP contribution in [0, 0.1) is 12.8 Å². The molecule has 1 aliphatic rings. The predicted molar refractivity (Wildman–Crippen MR) is 77.4 cm³/mol. The molecule has 1 aliphatic heterocycles. The Morgan fingerprint density at radius 1 is 1.47 bits per heavy atom. The summed E-state index contributed by atoms with van der Waals surface area (Å²) in [6, 6.07) is 1.63. The summed E-state index contributed by atoms with van der Waals surface area (Å²) in [5.41, 5.74) is 5.25. The molecule has 1 saturated heterocycles. The van der Waals surface area contributed by atoms with Crippen LogP contribution in [0.1, 0.15) is 17.7 Å². The van der Waals surface area contributed by atoms with Gasteiger partial charge in [-0.15, -0.1) is 11.3 Å². The van der Waals surface area contributed by atoms with Crippen molar-refractivity contribution < 1.29 is 13.2 Å². The van der Waals surface area contributed by atoms with Crippen molar-refractivity contribution in [3.05, 3.63) is 14.7 Å². The first kappa shape index (κ1) is 15.0. The van der Waals surface area contributed by atoms with Crippen molar-refractivity contribution in [2.45, 2.75) is 24.7 Å². The first-order chi connectivity index (χ1) is 8.82. The normalized spacial score (nSPS) is 18.6. The molecule has 2 heterocycles. The average Bonchev–Trinajstić information content (AvgIpc) is 2.69. The highest BCUT2D eigenvalue weighted by Gasteiger charge is 2.32. The average molecular weight is 367 g/mol. The van der Waals surface area contributed by atoms with Crippen molar-refractivity contribution in [1.82, 2.24) is 4.31 Å². The number of amides is 1. The number of carbonyl (C=O) groups excluding carboxylic acids is 1. The molecule has 0 unspecified atom stereocenters. The van der Waals surface area contributed by atoms with E-state index in [1.165, 1.54) is 15.6 Å². The number of hydrogen-bond acceptors (Lipinski definition) is 4. The fourth-order valence-electron chi connectivity index (χ4n) is 2.21. The summed E-state index contributed by atoms with van der Waals surface area (Å²) in [5, 5.41) is 0. The second-order valence-electron chi connectivity index (χ2n) is 4.55. The molecule has 1 fully saturated rings. The Balaban J connectivity index is 2.19. The van der Waals surface area contributed by atoms with E-state index in [4.69, 9.17) is 5.73 Å². The number of sulfonamides is 1. The predicted octanol–water partition coefficient (Wildman–Crippen LogP) is 1.71. The van der Waals surface area contributed by atoms with Crippen LogP contribution in [0.5, 0.6) is 0 Å². The molecule has 1 aromatic heterocycles. The minimum absolute atomic E-state index is 0.207. The van der Waals surface area contributed by atoms with Gasteiger partial charge in [-0.25, -0.2) is 8.42 Å². The Bertz CT molecular complexity index is 589. The maximum Gasteiger partial charge on any atom is 0.244 e. The van der Waals surface area contributed by atoms with Crippen molar-refractivity contribution in [1.29, 1.82) is 0 Å². The first-order valence-corrected chi connectivity index (χ1v) is 8.92. The van der Waals surface area contributed by atoms with E-state index in [2.05, 4.69) is 15.9 Å². The lowest BCUT2D eigenvalue weighted by atomic mass is 9.98. The molecular formula is C11H15BrN2O3S2. The van der Waals surface area contributed by atoms with Gasteiger partial charge in [0.15, 0.2) is 0 Å². The second-order valence-corrected chi connectivity index (χ2v) is 9.09. The third-order valence-corrected chi connectivity index (χ3v) is 7.02. The summed E-state index contributed by atoms with van der Waals surface area (Å²) < 4.78 is 27.2. The summed E-state index contributed by atoms with van der Waals surface area (Å²) in [6.45, 7) is 2.49. The molecule has 0 atom stereocenters. The number of thiophene rings is 1. The number of nitrogens with zero attached hydrogens (tertiary/aromatic N) is 1. The van der Waals surface area contributed by atoms with Gasteiger partial charge in [0.05, 0.1) is 8.68 Å². The van der Waals surface area contributed by atoms with Crippen molar-refractivity contribution in [3.63, 3.8) is 0 Å². The van der Waals surface area contributed by atoms with E-state index in [0.717, 1.165) is 8.66 Å². The maximum absolute atomic E-state index is 12.5. The number of piperidine rings is 1. The monoisotopic (exact) mass is 366 g/mol. The molecule has 106 valence electrons. The summed E-state index contributed by atoms with van der Waals surface area (Å²) >= 11 is 4.70. The lowest BCUT2D eigenvalue weighted by Crippen LogP contribution is -2.41. The zero-order valence-electron chi connectivity index (χ0n) is 10.4. The zero-order chi connectivity index (χ0) is 14.2. The number of nitrogens with two attached hydrogens (primary N) is 1. The second kappa shape index (κ2) is 5.51. The lowest BCUT2D eigenvalue weighted by molar-refractivity contribution is -0.122. The molecule has 0 spiro atoms. The van der Waals surface area contributed by atoms with E-state index < -0.39 is 10.0 Å². The molecule has 8 heteroatoms. The van der Waals surface area contributed by atoms with Gasteiger partial charge < -0.3 is 5.73 Å². The number of primary amides is 1. The summed E-state index contributed by atoms with van der Waals surface area (Å²) in [5.74, 6) is -0.548. The SMILES string of the molecule is Cc1sc(Br)cc1S(=O)(=O)N1CCC(C(N)=O)CC1. The minimum Gasteiger partial charge on any atom is -0.369 e. The number of aryl methyl sites for hydroxylation is 1. The Morgan fingerprint density at radius 2 is 2.05 bits per heavy atom.